The molecule has 1 unspecified atom stereocenters. The quantitative estimate of drug-likeness (QED) is 0.0276. The van der Waals surface area contributed by atoms with Crippen LogP contribution in [0.4, 0.5) is 5.69 Å². The van der Waals surface area contributed by atoms with Gasteiger partial charge in [0.1, 0.15) is 18.8 Å². The number of ether oxygens (including phenoxy) is 2. The highest BCUT2D eigenvalue weighted by atomic mass is 32.2. The van der Waals surface area contributed by atoms with Crippen LogP contribution in [0.25, 0.3) is 5.57 Å². The van der Waals surface area contributed by atoms with Gasteiger partial charge in [0.25, 0.3) is 0 Å². The number of benzene rings is 1. The summed E-state index contributed by atoms with van der Waals surface area (Å²) in [5.74, 6) is -0.428. The summed E-state index contributed by atoms with van der Waals surface area (Å²) in [6, 6.07) is 7.41. The van der Waals surface area contributed by atoms with E-state index < -0.39 is 5.92 Å². The van der Waals surface area contributed by atoms with Gasteiger partial charge in [0.15, 0.2) is 11.5 Å². The summed E-state index contributed by atoms with van der Waals surface area (Å²) < 4.78 is 21.1. The number of carbonyl (C=O) groups is 3. The van der Waals surface area contributed by atoms with Crippen LogP contribution in [0.1, 0.15) is 57.9 Å². The molecule has 0 aliphatic heterocycles. The molecule has 0 heterocycles. The maximum atomic E-state index is 13.4. The van der Waals surface area contributed by atoms with Gasteiger partial charge >= 0.3 is 11.9 Å². The number of aliphatic hydroxyl groups is 1. The Labute approximate surface area is 300 Å². The van der Waals surface area contributed by atoms with E-state index in [1.54, 1.807) is 13.8 Å². The zero-order valence-electron chi connectivity index (χ0n) is 28.4. The average molecular weight is 740 g/mol. The summed E-state index contributed by atoms with van der Waals surface area (Å²) in [5, 5.41) is 35.0. The molecule has 1 aromatic carbocycles. The number of rotatable bonds is 25. The molecule has 3 rings (SSSR count). The van der Waals surface area contributed by atoms with Crippen molar-refractivity contribution in [1.29, 1.82) is 0 Å². The van der Waals surface area contributed by atoms with Crippen LogP contribution in [0, 0.1) is 11.8 Å². The van der Waals surface area contributed by atoms with Crippen molar-refractivity contribution in [2.45, 2.75) is 52.4 Å². The number of carbonyl (C=O) groups excluding carboxylic acids is 3. The van der Waals surface area contributed by atoms with Crippen molar-refractivity contribution in [2.24, 2.45) is 11.8 Å². The summed E-state index contributed by atoms with van der Waals surface area (Å²) in [7, 11) is 0. The summed E-state index contributed by atoms with van der Waals surface area (Å²) in [6.45, 7) is 6.73. The maximum Gasteiger partial charge on any atom is 0.306 e. The smallest absolute Gasteiger partial charge is 0.306 e. The fourth-order valence-corrected chi connectivity index (χ4v) is 6.43. The Kier molecular flexibility index (Phi) is 19.2. The normalized spacial score (nSPS) is 16.8. The third-order valence-corrected chi connectivity index (χ3v) is 9.25. The number of esters is 2. The van der Waals surface area contributed by atoms with E-state index in [0.717, 1.165) is 35.5 Å². The second-order valence-electron chi connectivity index (χ2n) is 11.3. The maximum absolute atomic E-state index is 13.4. The van der Waals surface area contributed by atoms with Gasteiger partial charge in [0.05, 0.1) is 31.1 Å². The number of hydrogen-bond acceptors (Lipinski definition) is 15. The molecule has 0 radical (unpaired) electrons. The number of nitrogens with zero attached hydrogens (tertiary/aromatic N) is 2. The van der Waals surface area contributed by atoms with Gasteiger partial charge in [-0.25, -0.2) is 15.1 Å². The van der Waals surface area contributed by atoms with Gasteiger partial charge in [-0.05, 0) is 44.4 Å². The average Bonchev–Trinajstić information content (AvgIpc) is 3.11. The molecule has 1 atom stereocenters. The van der Waals surface area contributed by atoms with Crippen LogP contribution in [0.2, 0.25) is 0 Å². The minimum Gasteiger partial charge on any atom is -0.511 e. The van der Waals surface area contributed by atoms with Crippen LogP contribution >= 0.6 is 24.1 Å². The standard InChI is InChI=1S/C34H46N2O12S2/c1-3-43-29(37)9-5-19-35(21-7-23-49-47-45-41)27-15-11-25(12-16-27)31-33(39)32(34(31)40)26-13-17-28(18-14-26)36(22-8-24-50-48-46-42)20-6-10-30(38)44-4-2/h11-18,25,31H,3-10,19-24H2,1-2H3,(H2-,39,41,42)/p+1. The van der Waals surface area contributed by atoms with E-state index in [2.05, 4.69) is 28.2 Å². The minimum atomic E-state index is -0.676. The summed E-state index contributed by atoms with van der Waals surface area (Å²) in [6.07, 6.45) is 10.9. The lowest BCUT2D eigenvalue weighted by Gasteiger charge is -2.32. The van der Waals surface area contributed by atoms with Gasteiger partial charge in [-0.15, -0.1) is 8.67 Å². The molecule has 0 saturated heterocycles. The van der Waals surface area contributed by atoms with Gasteiger partial charge in [0.2, 0.25) is 0 Å². The predicted octanol–water partition coefficient (Wildman–Crippen LogP) is 5.76. The van der Waals surface area contributed by atoms with Crippen molar-refractivity contribution in [3.8, 4) is 0 Å². The lowest BCUT2D eigenvalue weighted by molar-refractivity contribution is -0.526. The Balaban J connectivity index is 1.67. The number of hydrogen-bond donors (Lipinski definition) is 3. The Morgan fingerprint density at radius 3 is 1.96 bits per heavy atom. The van der Waals surface area contributed by atoms with Crippen LogP contribution in [0.15, 0.2) is 54.3 Å². The lowest BCUT2D eigenvalue weighted by atomic mass is 9.71. The lowest BCUT2D eigenvalue weighted by Crippen LogP contribution is -2.36. The fourth-order valence-electron chi connectivity index (χ4n) is 5.72. The first-order valence-corrected chi connectivity index (χ1v) is 18.5. The zero-order valence-corrected chi connectivity index (χ0v) is 30.0. The van der Waals surface area contributed by atoms with Crippen molar-refractivity contribution in [1.82, 2.24) is 0 Å². The molecule has 1 aromatic rings. The number of anilines is 1. The zero-order chi connectivity index (χ0) is 36.1. The van der Waals surface area contributed by atoms with Crippen LogP contribution in [-0.2, 0) is 42.6 Å². The molecule has 0 spiro atoms. The first-order valence-electron chi connectivity index (χ1n) is 16.7. The molecule has 16 heteroatoms. The predicted molar refractivity (Wildman–Crippen MR) is 189 cm³/mol. The Morgan fingerprint density at radius 2 is 1.38 bits per heavy atom. The Bertz CT molecular complexity index is 1350. The van der Waals surface area contributed by atoms with Crippen LogP contribution < -0.4 is 4.90 Å². The van der Waals surface area contributed by atoms with E-state index in [1.165, 1.54) is 0 Å². The van der Waals surface area contributed by atoms with Crippen molar-refractivity contribution < 1.29 is 62.8 Å². The minimum absolute atomic E-state index is 0.0503. The molecule has 0 saturated carbocycles. The molecular weight excluding hydrogens is 693 g/mol. The molecule has 2 aliphatic carbocycles. The molecule has 276 valence electrons. The fraction of sp³-hybridized carbons (Fsp3) is 0.529. The summed E-state index contributed by atoms with van der Waals surface area (Å²) >= 11 is 1.96. The Morgan fingerprint density at radius 1 is 0.820 bits per heavy atom. The number of aliphatic hydroxyl groups excluding tert-OH is 1. The molecule has 0 amide bonds. The van der Waals surface area contributed by atoms with Gasteiger partial charge in [0, 0.05) is 91.7 Å². The van der Waals surface area contributed by atoms with Crippen LogP contribution in [-0.4, -0.2) is 94.5 Å². The summed E-state index contributed by atoms with van der Waals surface area (Å²) in [4.78, 5) is 39.2. The van der Waals surface area contributed by atoms with Crippen molar-refractivity contribution in [3.63, 3.8) is 0 Å². The second kappa shape index (κ2) is 23.3. The SMILES string of the molecule is CCOC(=O)CCCN(CCCSOOO)c1ccc(C2=C(O)C(C3C=CC(=[N+](CCCSOOO)CCCC(=O)OCC)C=C3)C2=O)cc1. The number of Topliss-reactive ketones (excluding diaryl/α,β-unsaturated/α-hetero) is 1. The van der Waals surface area contributed by atoms with Gasteiger partial charge in [-0.1, -0.05) is 34.4 Å². The molecule has 14 nitrogen and oxygen atoms in total. The van der Waals surface area contributed by atoms with Crippen molar-refractivity contribution in [3.05, 3.63) is 59.9 Å². The van der Waals surface area contributed by atoms with Crippen LogP contribution in [0.5, 0.6) is 0 Å². The first kappa shape index (κ1) is 41.2. The highest BCUT2D eigenvalue weighted by Gasteiger charge is 2.44. The van der Waals surface area contributed by atoms with E-state index in [9.17, 15) is 19.5 Å². The van der Waals surface area contributed by atoms with E-state index in [4.69, 9.17) is 20.0 Å². The molecular formula is C34H47N2O12S2+. The van der Waals surface area contributed by atoms with Crippen molar-refractivity contribution >= 4 is 58.8 Å². The Hall–Kier alpha value is -3.22. The van der Waals surface area contributed by atoms with Gasteiger partial charge in [-0.3, -0.25) is 14.4 Å². The highest BCUT2D eigenvalue weighted by Crippen LogP contribution is 2.42. The molecule has 50 heavy (non-hydrogen) atoms. The van der Waals surface area contributed by atoms with E-state index >= 15 is 0 Å². The monoisotopic (exact) mass is 739 g/mol. The third-order valence-electron chi connectivity index (χ3n) is 8.03. The first-order chi connectivity index (χ1) is 24.3. The van der Waals surface area contributed by atoms with Gasteiger partial charge < -0.3 is 19.5 Å². The topological polar surface area (TPSA) is 174 Å². The van der Waals surface area contributed by atoms with Crippen molar-refractivity contribution in [2.75, 3.05) is 55.8 Å². The number of allylic oxidation sites excluding steroid dienone is 6. The second-order valence-corrected chi connectivity index (χ2v) is 12.9. The van der Waals surface area contributed by atoms with Crippen LogP contribution in [0.3, 0.4) is 0 Å². The third kappa shape index (κ3) is 13.2. The molecule has 3 N–H and O–H groups in total. The highest BCUT2D eigenvalue weighted by molar-refractivity contribution is 7.94. The van der Waals surface area contributed by atoms with E-state index in [1.807, 2.05) is 48.6 Å². The number of ketones is 1. The molecule has 0 aromatic heterocycles. The largest absolute Gasteiger partial charge is 0.511 e. The molecule has 2 aliphatic rings. The molecule has 0 bridgehead atoms. The van der Waals surface area contributed by atoms with Gasteiger partial charge in [-0.2, -0.15) is 0 Å². The van der Waals surface area contributed by atoms with E-state index in [-0.39, 0.29) is 29.4 Å². The molecule has 0 fully saturated rings. The van der Waals surface area contributed by atoms with E-state index in [0.29, 0.717) is 101 Å². The summed E-state index contributed by atoms with van der Waals surface area (Å²) in [5.41, 5.74) is 2.74.